The highest BCUT2D eigenvalue weighted by Crippen LogP contribution is 2.17. The molecule has 0 aromatic carbocycles. The maximum atomic E-state index is 11.8. The maximum Gasteiger partial charge on any atom is 0.308 e. The Morgan fingerprint density at radius 1 is 1.47 bits per heavy atom. The van der Waals surface area contributed by atoms with E-state index in [1.165, 1.54) is 0 Å². The van der Waals surface area contributed by atoms with Crippen LogP contribution in [-0.2, 0) is 11.2 Å². The zero-order valence-electron chi connectivity index (χ0n) is 9.57. The molecule has 2 rings (SSSR count). The van der Waals surface area contributed by atoms with Crippen molar-refractivity contribution in [2.45, 2.75) is 20.3 Å². The van der Waals surface area contributed by atoms with E-state index in [1.807, 2.05) is 6.92 Å². The summed E-state index contributed by atoms with van der Waals surface area (Å²) in [6, 6.07) is 1.77. The molecule has 2 heterocycles. The number of aromatic amines is 1. The van der Waals surface area contributed by atoms with Gasteiger partial charge in [-0.1, -0.05) is 0 Å². The third-order valence-corrected chi connectivity index (χ3v) is 2.75. The van der Waals surface area contributed by atoms with E-state index in [0.29, 0.717) is 11.1 Å². The molecule has 5 nitrogen and oxygen atoms in total. The second kappa shape index (κ2) is 4.01. The Morgan fingerprint density at radius 3 is 2.82 bits per heavy atom. The smallest absolute Gasteiger partial charge is 0.308 e. The highest BCUT2D eigenvalue weighted by Gasteiger charge is 2.12. The van der Waals surface area contributed by atoms with Crippen molar-refractivity contribution in [2.24, 2.45) is 0 Å². The van der Waals surface area contributed by atoms with Gasteiger partial charge < -0.3 is 10.1 Å². The van der Waals surface area contributed by atoms with Gasteiger partial charge in [0.1, 0.15) is 0 Å². The lowest BCUT2D eigenvalue weighted by Crippen LogP contribution is -2.18. The Hall–Kier alpha value is -2.17. The third kappa shape index (κ3) is 2.04. The van der Waals surface area contributed by atoms with Gasteiger partial charge in [0.2, 0.25) is 0 Å². The van der Waals surface area contributed by atoms with Crippen molar-refractivity contribution < 1.29 is 9.90 Å². The summed E-state index contributed by atoms with van der Waals surface area (Å²) in [5, 5.41) is 9.55. The van der Waals surface area contributed by atoms with Crippen molar-refractivity contribution in [2.75, 3.05) is 0 Å². The number of pyridine rings is 2. The van der Waals surface area contributed by atoms with Gasteiger partial charge >= 0.3 is 5.97 Å². The minimum atomic E-state index is -1.02. The van der Waals surface area contributed by atoms with E-state index in [0.717, 1.165) is 11.1 Å². The molecule has 17 heavy (non-hydrogen) atoms. The summed E-state index contributed by atoms with van der Waals surface area (Å²) in [5.74, 6) is -1.02. The molecule has 0 spiro atoms. The number of hydrogen-bond donors (Lipinski definition) is 2. The molecule has 0 fully saturated rings. The lowest BCUT2D eigenvalue weighted by molar-refractivity contribution is -0.136. The molecule has 0 aliphatic carbocycles. The highest BCUT2D eigenvalue weighted by atomic mass is 16.4. The first-order valence-corrected chi connectivity index (χ1v) is 5.19. The first-order valence-electron chi connectivity index (χ1n) is 5.19. The first kappa shape index (κ1) is 11.3. The van der Waals surface area contributed by atoms with E-state index >= 15 is 0 Å². The summed E-state index contributed by atoms with van der Waals surface area (Å²) < 4.78 is 0. The Kier molecular flexibility index (Phi) is 2.67. The molecular weight excluding hydrogens is 220 g/mol. The van der Waals surface area contributed by atoms with Crippen molar-refractivity contribution in [3.05, 3.63) is 39.4 Å². The second-order valence-corrected chi connectivity index (χ2v) is 4.00. The van der Waals surface area contributed by atoms with Gasteiger partial charge in [-0.15, -0.1) is 0 Å². The molecule has 0 atom stereocenters. The lowest BCUT2D eigenvalue weighted by atomic mass is 10.0. The SMILES string of the molecule is Cc1cc2[nH]c(=O)c(CC(=O)O)c(C)c2cn1. The number of nitrogens with one attached hydrogen (secondary N) is 1. The summed E-state index contributed by atoms with van der Waals surface area (Å²) in [5.41, 5.74) is 2.12. The number of aryl methyl sites for hydroxylation is 2. The van der Waals surface area contributed by atoms with Crippen LogP contribution < -0.4 is 5.56 Å². The van der Waals surface area contributed by atoms with Gasteiger partial charge in [0.15, 0.2) is 0 Å². The van der Waals surface area contributed by atoms with Crippen LogP contribution in [0.3, 0.4) is 0 Å². The predicted octanol–water partition coefficient (Wildman–Crippen LogP) is 1.17. The van der Waals surface area contributed by atoms with Gasteiger partial charge in [0.05, 0.1) is 11.9 Å². The van der Waals surface area contributed by atoms with Crippen LogP contribution in [0, 0.1) is 13.8 Å². The number of carbonyl (C=O) groups is 1. The van der Waals surface area contributed by atoms with Crippen LogP contribution in [0.2, 0.25) is 0 Å². The summed E-state index contributed by atoms with van der Waals surface area (Å²) in [4.78, 5) is 29.3. The van der Waals surface area contributed by atoms with Crippen molar-refractivity contribution in [1.82, 2.24) is 9.97 Å². The van der Waals surface area contributed by atoms with Gasteiger partial charge in [-0.05, 0) is 25.5 Å². The Balaban J connectivity index is 2.76. The molecule has 0 radical (unpaired) electrons. The van der Waals surface area contributed by atoms with Gasteiger partial charge in [-0.25, -0.2) is 0 Å². The molecule has 88 valence electrons. The molecule has 0 aliphatic heterocycles. The van der Waals surface area contributed by atoms with Crippen LogP contribution in [0.5, 0.6) is 0 Å². The molecule has 0 aliphatic rings. The molecule has 2 aromatic heterocycles. The summed E-state index contributed by atoms with van der Waals surface area (Å²) in [6.45, 7) is 3.57. The van der Waals surface area contributed by atoms with Crippen LogP contribution in [0.15, 0.2) is 17.1 Å². The maximum absolute atomic E-state index is 11.8. The lowest BCUT2D eigenvalue weighted by Gasteiger charge is -2.07. The van der Waals surface area contributed by atoms with Crippen LogP contribution in [-0.4, -0.2) is 21.0 Å². The second-order valence-electron chi connectivity index (χ2n) is 4.00. The monoisotopic (exact) mass is 232 g/mol. The molecule has 0 saturated heterocycles. The zero-order chi connectivity index (χ0) is 12.6. The Labute approximate surface area is 97.1 Å². The fourth-order valence-electron chi connectivity index (χ4n) is 1.86. The predicted molar refractivity (Wildman–Crippen MR) is 63.2 cm³/mol. The van der Waals surface area contributed by atoms with E-state index in [2.05, 4.69) is 9.97 Å². The van der Waals surface area contributed by atoms with Crippen LogP contribution in [0.1, 0.15) is 16.8 Å². The number of H-pyrrole nitrogens is 1. The number of fused-ring (bicyclic) bond motifs is 1. The van der Waals surface area contributed by atoms with Gasteiger partial charge in [-0.3, -0.25) is 14.6 Å². The standard InChI is InChI=1S/C12H12N2O3/c1-6-3-10-9(5-13-6)7(2)8(4-11(15)16)12(17)14-10/h3,5H,4H2,1-2H3,(H,14,17)(H,15,16). The normalized spacial score (nSPS) is 10.7. The van der Waals surface area contributed by atoms with Gasteiger partial charge in [0, 0.05) is 22.8 Å². The minimum Gasteiger partial charge on any atom is -0.481 e. The number of hydrogen-bond acceptors (Lipinski definition) is 3. The largest absolute Gasteiger partial charge is 0.481 e. The van der Waals surface area contributed by atoms with Crippen molar-refractivity contribution >= 4 is 16.9 Å². The average Bonchev–Trinajstić information content (AvgIpc) is 2.23. The average molecular weight is 232 g/mol. The van der Waals surface area contributed by atoms with Crippen LogP contribution in [0.25, 0.3) is 10.9 Å². The van der Waals surface area contributed by atoms with E-state index in [-0.39, 0.29) is 17.5 Å². The molecule has 0 bridgehead atoms. The fourth-order valence-corrected chi connectivity index (χ4v) is 1.86. The highest BCUT2D eigenvalue weighted by molar-refractivity contribution is 5.83. The van der Waals surface area contributed by atoms with Crippen molar-refractivity contribution in [3.8, 4) is 0 Å². The molecular formula is C12H12N2O3. The topological polar surface area (TPSA) is 83.0 Å². The molecule has 0 saturated carbocycles. The quantitative estimate of drug-likeness (QED) is 0.814. The van der Waals surface area contributed by atoms with Crippen molar-refractivity contribution in [1.29, 1.82) is 0 Å². The van der Waals surface area contributed by atoms with Crippen LogP contribution in [0.4, 0.5) is 0 Å². The number of aliphatic carboxylic acids is 1. The molecule has 5 heteroatoms. The fraction of sp³-hybridized carbons (Fsp3) is 0.250. The van der Waals surface area contributed by atoms with E-state index in [9.17, 15) is 9.59 Å². The van der Waals surface area contributed by atoms with E-state index < -0.39 is 5.97 Å². The summed E-state index contributed by atoms with van der Waals surface area (Å²) >= 11 is 0. The van der Waals surface area contributed by atoms with E-state index in [4.69, 9.17) is 5.11 Å². The molecule has 0 amide bonds. The number of carboxylic acids is 1. The minimum absolute atomic E-state index is 0.273. The van der Waals surface area contributed by atoms with Crippen LogP contribution >= 0.6 is 0 Å². The number of rotatable bonds is 2. The third-order valence-electron chi connectivity index (χ3n) is 2.75. The molecule has 0 unspecified atom stereocenters. The Morgan fingerprint density at radius 2 is 2.18 bits per heavy atom. The van der Waals surface area contributed by atoms with Crippen molar-refractivity contribution in [3.63, 3.8) is 0 Å². The number of aromatic nitrogens is 2. The van der Waals surface area contributed by atoms with E-state index in [1.54, 1.807) is 19.2 Å². The summed E-state index contributed by atoms with van der Waals surface area (Å²) in [7, 11) is 0. The first-order chi connectivity index (χ1) is 7.99. The number of carboxylic acid groups (broad SMARTS) is 1. The molecule has 2 N–H and O–H groups in total. The zero-order valence-corrected chi connectivity index (χ0v) is 9.57. The van der Waals surface area contributed by atoms with Gasteiger partial charge in [0.25, 0.3) is 5.56 Å². The summed E-state index contributed by atoms with van der Waals surface area (Å²) in [6.07, 6.45) is 1.38. The molecule has 2 aromatic rings. The van der Waals surface area contributed by atoms with Gasteiger partial charge in [-0.2, -0.15) is 0 Å². The number of nitrogens with zero attached hydrogens (tertiary/aromatic N) is 1. The Bertz CT molecular complexity index is 659.